The van der Waals surface area contributed by atoms with E-state index in [0.29, 0.717) is 10.9 Å². The second-order valence-electron chi connectivity index (χ2n) is 1.80. The lowest BCUT2D eigenvalue weighted by Crippen LogP contribution is -2.30. The quantitative estimate of drug-likeness (QED) is 0.449. The molecule has 0 aromatic rings. The number of carboxylic acids is 1. The normalized spacial score (nSPS) is 8.11. The average Bonchev–Trinajstić information content (AvgIpc) is 1.65. The molecule has 0 aromatic carbocycles. The Morgan fingerprint density at radius 1 is 1.56 bits per heavy atom. The third-order valence-electron chi connectivity index (χ3n) is 0.167. The van der Waals surface area contributed by atoms with E-state index >= 15 is 0 Å². The molecule has 0 amide bonds. The van der Waals surface area contributed by atoms with Gasteiger partial charge in [0.1, 0.15) is 0 Å². The topological polar surface area (TPSA) is 66.2 Å². The van der Waals surface area contributed by atoms with Crippen molar-refractivity contribution in [2.75, 3.05) is 25.3 Å². The molecule has 0 atom stereocenters. The first-order chi connectivity index (χ1) is 4.00. The molecule has 0 saturated carbocycles. The standard InChI is InChI=1S/C3H9S.C2H5NO2/c1-4(2)3;3-1-2(4)5/h1-3H3;1,3H2,(H,4,5)/q+1;/p-1. The predicted molar refractivity (Wildman–Crippen MR) is 39.2 cm³/mol. The van der Waals surface area contributed by atoms with Crippen molar-refractivity contribution >= 4 is 16.9 Å². The molecule has 0 fully saturated rings. The monoisotopic (exact) mass is 151 g/mol. The lowest BCUT2D eigenvalue weighted by Gasteiger charge is -1.87. The molecule has 0 aliphatic heterocycles. The second-order valence-corrected chi connectivity index (χ2v) is 4.25. The molecule has 3 nitrogen and oxygen atoms in total. The Labute approximate surface area is 58.6 Å². The van der Waals surface area contributed by atoms with Crippen molar-refractivity contribution in [2.24, 2.45) is 5.73 Å². The van der Waals surface area contributed by atoms with Gasteiger partial charge in [0.2, 0.25) is 0 Å². The van der Waals surface area contributed by atoms with E-state index < -0.39 is 5.97 Å². The fourth-order valence-corrected chi connectivity index (χ4v) is 0. The highest BCUT2D eigenvalue weighted by atomic mass is 32.2. The maximum atomic E-state index is 9.13. The zero-order valence-electron chi connectivity index (χ0n) is 6.01. The van der Waals surface area contributed by atoms with Crippen LogP contribution in [0.1, 0.15) is 0 Å². The summed E-state index contributed by atoms with van der Waals surface area (Å²) in [6.45, 7) is -0.389. The van der Waals surface area contributed by atoms with E-state index in [9.17, 15) is 0 Å². The molecule has 9 heavy (non-hydrogen) atoms. The van der Waals surface area contributed by atoms with Gasteiger partial charge in [-0.25, -0.2) is 0 Å². The second kappa shape index (κ2) is 7.78. The van der Waals surface area contributed by atoms with Gasteiger partial charge in [0.15, 0.2) is 0 Å². The molecule has 0 rings (SSSR count). The van der Waals surface area contributed by atoms with Gasteiger partial charge in [-0.15, -0.1) is 0 Å². The van der Waals surface area contributed by atoms with Crippen LogP contribution in [0.2, 0.25) is 0 Å². The Kier molecular flexibility index (Phi) is 9.99. The molecule has 4 heteroatoms. The summed E-state index contributed by atoms with van der Waals surface area (Å²) in [5, 5.41) is 9.13. The Balaban J connectivity index is 0. The largest absolute Gasteiger partial charge is 0.549 e. The maximum Gasteiger partial charge on any atom is 0.0969 e. The molecule has 0 aliphatic rings. The molecule has 0 saturated heterocycles. The summed E-state index contributed by atoms with van der Waals surface area (Å²) in [6.07, 6.45) is 6.58. The van der Waals surface area contributed by atoms with E-state index in [1.165, 1.54) is 0 Å². The number of carboxylic acid groups (broad SMARTS) is 1. The molecule has 2 N–H and O–H groups in total. The van der Waals surface area contributed by atoms with Crippen LogP contribution >= 0.6 is 0 Å². The highest BCUT2D eigenvalue weighted by Gasteiger charge is 1.77. The van der Waals surface area contributed by atoms with Crippen LogP contribution in [0.4, 0.5) is 0 Å². The van der Waals surface area contributed by atoms with Crippen molar-refractivity contribution in [1.82, 2.24) is 0 Å². The molecule has 0 spiro atoms. The number of nitrogens with two attached hydrogens (primary N) is 1. The zero-order chi connectivity index (χ0) is 7.86. The summed E-state index contributed by atoms with van der Waals surface area (Å²) in [7, 11) is 0.639. The van der Waals surface area contributed by atoms with Crippen molar-refractivity contribution < 1.29 is 9.90 Å². The predicted octanol–water partition coefficient (Wildman–Crippen LogP) is -1.81. The summed E-state index contributed by atoms with van der Waals surface area (Å²) in [5.41, 5.74) is 4.51. The van der Waals surface area contributed by atoms with Crippen LogP contribution in [0.3, 0.4) is 0 Å². The van der Waals surface area contributed by atoms with Crippen LogP contribution in [0.25, 0.3) is 0 Å². The van der Waals surface area contributed by atoms with E-state index in [0.717, 1.165) is 0 Å². The Morgan fingerprint density at radius 3 is 1.67 bits per heavy atom. The molecule has 0 aliphatic carbocycles. The van der Waals surface area contributed by atoms with Crippen LogP contribution in [0, 0.1) is 0 Å². The zero-order valence-corrected chi connectivity index (χ0v) is 6.83. The molecule has 0 bridgehead atoms. The Hall–Kier alpha value is -0.220. The SMILES string of the molecule is C[S+](C)C.NCC(=O)[O-]. The van der Waals surface area contributed by atoms with Crippen molar-refractivity contribution in [2.45, 2.75) is 0 Å². The summed E-state index contributed by atoms with van der Waals surface area (Å²) in [4.78, 5) is 9.13. The van der Waals surface area contributed by atoms with Crippen molar-refractivity contribution in [1.29, 1.82) is 0 Å². The third kappa shape index (κ3) is 82.0. The smallest absolute Gasteiger partial charge is 0.0969 e. The maximum absolute atomic E-state index is 9.13. The summed E-state index contributed by atoms with van der Waals surface area (Å²) >= 11 is 0. The van der Waals surface area contributed by atoms with Gasteiger partial charge in [-0.1, -0.05) is 0 Å². The minimum atomic E-state index is -1.22. The van der Waals surface area contributed by atoms with Gasteiger partial charge in [-0.2, -0.15) is 0 Å². The first-order valence-electron chi connectivity index (χ1n) is 2.39. The molecule has 56 valence electrons. The van der Waals surface area contributed by atoms with Gasteiger partial charge in [-0.3, -0.25) is 0 Å². The van der Waals surface area contributed by atoms with E-state index in [4.69, 9.17) is 9.90 Å². The van der Waals surface area contributed by atoms with Crippen LogP contribution in [0.5, 0.6) is 0 Å². The van der Waals surface area contributed by atoms with Gasteiger partial charge < -0.3 is 15.6 Å². The van der Waals surface area contributed by atoms with Crippen LogP contribution in [0.15, 0.2) is 0 Å². The van der Waals surface area contributed by atoms with Gasteiger partial charge in [0.05, 0.1) is 24.7 Å². The number of carbonyl (C=O) groups is 1. The highest BCUT2D eigenvalue weighted by molar-refractivity contribution is 7.94. The minimum absolute atomic E-state index is 0.389. The highest BCUT2D eigenvalue weighted by Crippen LogP contribution is 1.63. The summed E-state index contributed by atoms with van der Waals surface area (Å²) in [6, 6.07) is 0. The summed E-state index contributed by atoms with van der Waals surface area (Å²) in [5.74, 6) is -1.22. The van der Waals surface area contributed by atoms with Gasteiger partial charge in [0, 0.05) is 6.54 Å². The summed E-state index contributed by atoms with van der Waals surface area (Å²) < 4.78 is 0. The fourth-order valence-electron chi connectivity index (χ4n) is 0. The van der Waals surface area contributed by atoms with E-state index in [1.807, 2.05) is 0 Å². The number of rotatable bonds is 1. The Bertz CT molecular complexity index is 72.6. The van der Waals surface area contributed by atoms with Crippen molar-refractivity contribution in [3.8, 4) is 0 Å². The van der Waals surface area contributed by atoms with E-state index in [-0.39, 0.29) is 6.54 Å². The van der Waals surface area contributed by atoms with Crippen molar-refractivity contribution in [3.05, 3.63) is 0 Å². The van der Waals surface area contributed by atoms with Crippen LogP contribution in [-0.2, 0) is 15.7 Å². The molecular weight excluding hydrogens is 138 g/mol. The number of aliphatic carboxylic acids is 1. The molecule has 0 unspecified atom stereocenters. The first kappa shape index (κ1) is 11.6. The first-order valence-corrected chi connectivity index (χ1v) is 4.84. The van der Waals surface area contributed by atoms with E-state index in [2.05, 4.69) is 24.5 Å². The molecular formula is C5H13NO2S. The molecule has 0 aromatic heterocycles. The van der Waals surface area contributed by atoms with Crippen LogP contribution in [-0.4, -0.2) is 31.3 Å². The molecule has 0 radical (unpaired) electrons. The fraction of sp³-hybridized carbons (Fsp3) is 0.800. The van der Waals surface area contributed by atoms with Gasteiger partial charge in [-0.05, 0) is 10.9 Å². The van der Waals surface area contributed by atoms with Gasteiger partial charge in [0.25, 0.3) is 0 Å². The average molecular weight is 151 g/mol. The Morgan fingerprint density at radius 2 is 1.67 bits per heavy atom. The van der Waals surface area contributed by atoms with Crippen LogP contribution < -0.4 is 10.8 Å². The lowest BCUT2D eigenvalue weighted by molar-refractivity contribution is -0.303. The van der Waals surface area contributed by atoms with Crippen molar-refractivity contribution in [3.63, 3.8) is 0 Å². The number of hydrogen-bond donors (Lipinski definition) is 1. The number of hydrogen-bond acceptors (Lipinski definition) is 3. The molecule has 0 heterocycles. The van der Waals surface area contributed by atoms with Gasteiger partial charge >= 0.3 is 0 Å². The minimum Gasteiger partial charge on any atom is -0.549 e. The third-order valence-corrected chi connectivity index (χ3v) is 0.167. The lowest BCUT2D eigenvalue weighted by atomic mass is 10.7. The van der Waals surface area contributed by atoms with E-state index in [1.54, 1.807) is 0 Å². The number of carbonyl (C=O) groups excluding carboxylic acids is 1.